The minimum absolute atomic E-state index is 0.320. The van der Waals surface area contributed by atoms with Gasteiger partial charge < -0.3 is 10.6 Å². The van der Waals surface area contributed by atoms with Crippen molar-refractivity contribution < 1.29 is 8.42 Å². The summed E-state index contributed by atoms with van der Waals surface area (Å²) in [7, 11) is -3.13. The van der Waals surface area contributed by atoms with Crippen LogP contribution in [0.2, 0.25) is 0 Å². The minimum Gasteiger partial charge on any atom is -0.357 e. The second-order valence-electron chi connectivity index (χ2n) is 5.32. The molecule has 7 heteroatoms. The van der Waals surface area contributed by atoms with Crippen LogP contribution in [-0.4, -0.2) is 46.3 Å². The molecule has 126 valence electrons. The third-order valence-corrected chi connectivity index (χ3v) is 3.69. The van der Waals surface area contributed by atoms with Crippen molar-refractivity contribution in [3.8, 4) is 0 Å². The monoisotopic (exact) mass is 320 g/mol. The van der Waals surface area contributed by atoms with Crippen LogP contribution in [0.1, 0.15) is 52.9 Å². The molecular weight excluding hydrogens is 288 g/mol. The lowest BCUT2D eigenvalue weighted by atomic mass is 10.1. The first-order valence-electron chi connectivity index (χ1n) is 7.88. The molecule has 0 amide bonds. The van der Waals surface area contributed by atoms with Crippen LogP contribution in [0.3, 0.4) is 0 Å². The van der Waals surface area contributed by atoms with E-state index in [0.29, 0.717) is 19.1 Å². The Morgan fingerprint density at radius 2 is 1.90 bits per heavy atom. The number of rotatable bonds is 11. The number of nitrogens with one attached hydrogen (secondary N) is 3. The Kier molecular flexibility index (Phi) is 11.3. The van der Waals surface area contributed by atoms with Gasteiger partial charge in [0.25, 0.3) is 0 Å². The molecule has 0 aliphatic carbocycles. The molecule has 1 unspecified atom stereocenters. The number of hydrogen-bond acceptors (Lipinski definition) is 3. The number of sulfonamides is 1. The molecule has 21 heavy (non-hydrogen) atoms. The quantitative estimate of drug-likeness (QED) is 0.306. The molecule has 0 bridgehead atoms. The van der Waals surface area contributed by atoms with Gasteiger partial charge in [-0.25, -0.2) is 13.1 Å². The normalized spacial score (nSPS) is 14.0. The van der Waals surface area contributed by atoms with Crippen LogP contribution in [0, 0.1) is 0 Å². The van der Waals surface area contributed by atoms with Crippen molar-refractivity contribution in [1.82, 2.24) is 15.4 Å². The van der Waals surface area contributed by atoms with Gasteiger partial charge in [0, 0.05) is 19.1 Å². The Balaban J connectivity index is 4.09. The van der Waals surface area contributed by atoms with Gasteiger partial charge in [-0.15, -0.1) is 0 Å². The zero-order chi connectivity index (χ0) is 16.1. The van der Waals surface area contributed by atoms with E-state index in [1.165, 1.54) is 25.7 Å². The summed E-state index contributed by atoms with van der Waals surface area (Å²) >= 11 is 0. The highest BCUT2D eigenvalue weighted by Crippen LogP contribution is 2.05. The number of hydrogen-bond donors (Lipinski definition) is 3. The summed E-state index contributed by atoms with van der Waals surface area (Å²) in [5.74, 6) is 0.746. The molecule has 1 atom stereocenters. The van der Waals surface area contributed by atoms with E-state index < -0.39 is 10.0 Å². The summed E-state index contributed by atoms with van der Waals surface area (Å²) in [6, 6.07) is 0.363. The van der Waals surface area contributed by atoms with Crippen LogP contribution in [0.15, 0.2) is 4.99 Å². The topological polar surface area (TPSA) is 82.6 Å². The molecule has 0 saturated heterocycles. The van der Waals surface area contributed by atoms with Gasteiger partial charge >= 0.3 is 0 Å². The van der Waals surface area contributed by atoms with E-state index in [0.717, 1.165) is 25.2 Å². The molecular formula is C14H32N4O2S. The van der Waals surface area contributed by atoms with Crippen LogP contribution in [0.5, 0.6) is 0 Å². The Morgan fingerprint density at radius 3 is 2.48 bits per heavy atom. The molecule has 0 heterocycles. The van der Waals surface area contributed by atoms with Crippen LogP contribution in [-0.2, 0) is 10.0 Å². The van der Waals surface area contributed by atoms with Crippen LogP contribution >= 0.6 is 0 Å². The first-order chi connectivity index (χ1) is 9.89. The van der Waals surface area contributed by atoms with E-state index in [2.05, 4.69) is 34.2 Å². The first kappa shape index (κ1) is 20.2. The highest BCUT2D eigenvalue weighted by Gasteiger charge is 2.05. The maximum atomic E-state index is 11.0. The van der Waals surface area contributed by atoms with Gasteiger partial charge in [-0.05, 0) is 20.3 Å². The predicted octanol–water partition coefficient (Wildman–Crippen LogP) is 1.45. The van der Waals surface area contributed by atoms with Gasteiger partial charge in [-0.2, -0.15) is 0 Å². The van der Waals surface area contributed by atoms with E-state index in [4.69, 9.17) is 0 Å². The molecule has 0 saturated carbocycles. The molecule has 3 N–H and O–H groups in total. The third-order valence-electron chi connectivity index (χ3n) is 2.96. The average molecular weight is 321 g/mol. The van der Waals surface area contributed by atoms with Gasteiger partial charge in [0.05, 0.1) is 12.8 Å². The van der Waals surface area contributed by atoms with Crippen molar-refractivity contribution in [2.75, 3.05) is 25.9 Å². The van der Waals surface area contributed by atoms with E-state index in [1.54, 1.807) is 0 Å². The van der Waals surface area contributed by atoms with Gasteiger partial charge in [-0.3, -0.25) is 4.99 Å². The van der Waals surface area contributed by atoms with Gasteiger partial charge in [0.15, 0.2) is 5.96 Å². The number of nitrogens with zero attached hydrogens (tertiary/aromatic N) is 1. The van der Waals surface area contributed by atoms with Gasteiger partial charge in [0.2, 0.25) is 10.0 Å². The zero-order valence-electron chi connectivity index (χ0n) is 13.9. The average Bonchev–Trinajstić information content (AvgIpc) is 2.39. The SMILES string of the molecule is CCCCCCC(C)NC(=NCCNS(C)(=O)=O)NCC. The van der Waals surface area contributed by atoms with Crippen molar-refractivity contribution >= 4 is 16.0 Å². The number of unbranched alkanes of at least 4 members (excludes halogenated alkanes) is 3. The smallest absolute Gasteiger partial charge is 0.208 e. The molecule has 6 nitrogen and oxygen atoms in total. The Labute approximate surface area is 130 Å². The Hall–Kier alpha value is -0.820. The highest BCUT2D eigenvalue weighted by atomic mass is 32.2. The molecule has 0 aromatic heterocycles. The fourth-order valence-electron chi connectivity index (χ4n) is 1.90. The lowest BCUT2D eigenvalue weighted by molar-refractivity contribution is 0.537. The molecule has 0 spiro atoms. The molecule has 0 aromatic rings. The lowest BCUT2D eigenvalue weighted by Crippen LogP contribution is -2.42. The van der Waals surface area contributed by atoms with Crippen molar-refractivity contribution in [1.29, 1.82) is 0 Å². The minimum atomic E-state index is -3.13. The first-order valence-corrected chi connectivity index (χ1v) is 9.77. The predicted molar refractivity (Wildman–Crippen MR) is 90.2 cm³/mol. The van der Waals surface area contributed by atoms with Gasteiger partial charge in [-0.1, -0.05) is 32.6 Å². The Morgan fingerprint density at radius 1 is 1.19 bits per heavy atom. The van der Waals surface area contributed by atoms with Crippen molar-refractivity contribution in [3.05, 3.63) is 0 Å². The largest absolute Gasteiger partial charge is 0.357 e. The van der Waals surface area contributed by atoms with Crippen molar-refractivity contribution in [2.45, 2.75) is 58.9 Å². The number of guanidine groups is 1. The molecule has 0 radical (unpaired) electrons. The summed E-state index contributed by atoms with van der Waals surface area (Å²) in [6.45, 7) is 7.90. The maximum absolute atomic E-state index is 11.0. The van der Waals surface area contributed by atoms with E-state index in [1.807, 2.05) is 6.92 Å². The van der Waals surface area contributed by atoms with Crippen molar-refractivity contribution in [2.24, 2.45) is 4.99 Å². The summed E-state index contributed by atoms with van der Waals surface area (Å²) in [5.41, 5.74) is 0. The maximum Gasteiger partial charge on any atom is 0.208 e. The molecule has 0 aliphatic rings. The van der Waals surface area contributed by atoms with E-state index >= 15 is 0 Å². The summed E-state index contributed by atoms with van der Waals surface area (Å²) in [4.78, 5) is 4.37. The fraction of sp³-hybridized carbons (Fsp3) is 0.929. The summed E-state index contributed by atoms with van der Waals surface area (Å²) < 4.78 is 24.4. The Bertz CT molecular complexity index is 382. The summed E-state index contributed by atoms with van der Waals surface area (Å²) in [6.07, 6.45) is 7.30. The van der Waals surface area contributed by atoms with Crippen LogP contribution in [0.4, 0.5) is 0 Å². The second-order valence-corrected chi connectivity index (χ2v) is 7.15. The van der Waals surface area contributed by atoms with Crippen molar-refractivity contribution in [3.63, 3.8) is 0 Å². The third kappa shape index (κ3) is 13.9. The zero-order valence-corrected chi connectivity index (χ0v) is 14.7. The molecule has 0 fully saturated rings. The van der Waals surface area contributed by atoms with Gasteiger partial charge in [0.1, 0.15) is 0 Å². The van der Waals surface area contributed by atoms with Crippen LogP contribution < -0.4 is 15.4 Å². The molecule has 0 aliphatic heterocycles. The van der Waals surface area contributed by atoms with Crippen LogP contribution in [0.25, 0.3) is 0 Å². The summed E-state index contributed by atoms with van der Waals surface area (Å²) in [5, 5.41) is 6.53. The van der Waals surface area contributed by atoms with E-state index in [-0.39, 0.29) is 0 Å². The highest BCUT2D eigenvalue weighted by molar-refractivity contribution is 7.88. The molecule has 0 aromatic carbocycles. The van der Waals surface area contributed by atoms with E-state index in [9.17, 15) is 8.42 Å². The fourth-order valence-corrected chi connectivity index (χ4v) is 2.36. The lowest BCUT2D eigenvalue weighted by Gasteiger charge is -2.17. The number of aliphatic imine (C=N–C) groups is 1. The standard InChI is InChI=1S/C14H32N4O2S/c1-5-7-8-9-10-13(3)18-14(15-6-2)16-11-12-17-21(4,19)20/h13,17H,5-12H2,1-4H3,(H2,15,16,18). The second kappa shape index (κ2) is 11.8. The molecule has 0 rings (SSSR count).